The molecule has 1 aromatic heterocycles. The van der Waals surface area contributed by atoms with Gasteiger partial charge in [-0.2, -0.15) is 0 Å². The maximum absolute atomic E-state index is 12.1. The number of rotatable bonds is 0. The van der Waals surface area contributed by atoms with E-state index in [9.17, 15) is 4.79 Å². The number of hydrogen-bond donors (Lipinski definition) is 2. The highest BCUT2D eigenvalue weighted by atomic mass is 35.5. The Labute approximate surface area is 98.4 Å². The summed E-state index contributed by atoms with van der Waals surface area (Å²) in [6.07, 6.45) is 3.39. The second-order valence-electron chi connectivity index (χ2n) is 4.34. The molecule has 0 saturated carbocycles. The van der Waals surface area contributed by atoms with Crippen LogP contribution in [0.3, 0.4) is 0 Å². The fourth-order valence-corrected chi connectivity index (χ4v) is 2.79. The molecule has 1 fully saturated rings. The number of halogens is 1. The lowest BCUT2D eigenvalue weighted by molar-refractivity contribution is -0.121. The van der Waals surface area contributed by atoms with E-state index in [1.54, 1.807) is 12.3 Å². The highest BCUT2D eigenvalue weighted by Gasteiger charge is 2.47. The van der Waals surface area contributed by atoms with Gasteiger partial charge in [-0.25, -0.2) is 4.98 Å². The summed E-state index contributed by atoms with van der Waals surface area (Å²) in [6.45, 7) is 1.74. The minimum absolute atomic E-state index is 0.0908. The molecule has 0 atom stereocenters. The minimum Gasteiger partial charge on any atom is -0.325 e. The summed E-state index contributed by atoms with van der Waals surface area (Å²) < 4.78 is 0. The predicted molar refractivity (Wildman–Crippen MR) is 61.7 cm³/mol. The van der Waals surface area contributed by atoms with Gasteiger partial charge in [0.25, 0.3) is 0 Å². The van der Waals surface area contributed by atoms with Crippen LogP contribution in [0, 0.1) is 0 Å². The normalized spacial score (nSPS) is 21.9. The lowest BCUT2D eigenvalue weighted by Crippen LogP contribution is -2.44. The minimum atomic E-state index is -0.377. The number of carbonyl (C=O) groups excluding carboxylic acids is 1. The van der Waals surface area contributed by atoms with Crippen molar-refractivity contribution in [2.75, 3.05) is 18.4 Å². The molecule has 1 spiro atoms. The molecule has 3 heterocycles. The summed E-state index contributed by atoms with van der Waals surface area (Å²) in [5, 5.41) is 6.60. The lowest BCUT2D eigenvalue weighted by atomic mass is 9.75. The standard InChI is InChI=1S/C11H12ClN3O/c12-9-5-8-7(6-14-9)11(10(16)15-8)1-3-13-4-2-11/h5-6,13H,1-4H2,(H,15,16). The van der Waals surface area contributed by atoms with Gasteiger partial charge >= 0.3 is 0 Å². The van der Waals surface area contributed by atoms with Gasteiger partial charge in [-0.15, -0.1) is 0 Å². The van der Waals surface area contributed by atoms with Crippen LogP contribution in [0.5, 0.6) is 0 Å². The third-order valence-corrected chi connectivity index (χ3v) is 3.73. The fourth-order valence-electron chi connectivity index (χ4n) is 2.63. The third kappa shape index (κ3) is 1.26. The summed E-state index contributed by atoms with van der Waals surface area (Å²) in [5.41, 5.74) is 1.45. The van der Waals surface area contributed by atoms with Gasteiger partial charge in [-0.05, 0) is 32.0 Å². The molecule has 2 aliphatic heterocycles. The molecule has 1 saturated heterocycles. The van der Waals surface area contributed by atoms with E-state index in [0.29, 0.717) is 5.15 Å². The van der Waals surface area contributed by atoms with Gasteiger partial charge in [-0.3, -0.25) is 4.79 Å². The second-order valence-corrected chi connectivity index (χ2v) is 4.73. The molecule has 0 radical (unpaired) electrons. The molecule has 0 aromatic carbocycles. The number of piperidine rings is 1. The molecule has 84 valence electrons. The Balaban J connectivity index is 2.11. The number of pyridine rings is 1. The smallest absolute Gasteiger partial charge is 0.235 e. The number of aromatic nitrogens is 1. The molecular weight excluding hydrogens is 226 g/mol. The molecule has 1 aromatic rings. The molecule has 2 aliphatic rings. The summed E-state index contributed by atoms with van der Waals surface area (Å²) in [4.78, 5) is 16.2. The van der Waals surface area contributed by atoms with Gasteiger partial charge in [0.1, 0.15) is 5.15 Å². The van der Waals surface area contributed by atoms with Gasteiger partial charge in [-0.1, -0.05) is 11.6 Å². The molecule has 0 unspecified atom stereocenters. The van der Waals surface area contributed by atoms with Crippen molar-refractivity contribution < 1.29 is 4.79 Å². The van der Waals surface area contributed by atoms with Gasteiger partial charge in [0.15, 0.2) is 0 Å². The van der Waals surface area contributed by atoms with Crippen LogP contribution in [0.15, 0.2) is 12.3 Å². The predicted octanol–water partition coefficient (Wildman–Crippen LogP) is 1.31. The summed E-state index contributed by atoms with van der Waals surface area (Å²) in [6, 6.07) is 1.73. The van der Waals surface area contributed by atoms with Crippen molar-refractivity contribution in [1.29, 1.82) is 0 Å². The maximum atomic E-state index is 12.1. The van der Waals surface area contributed by atoms with Crippen LogP contribution in [0.25, 0.3) is 0 Å². The van der Waals surface area contributed by atoms with E-state index in [1.165, 1.54) is 0 Å². The Morgan fingerprint density at radius 2 is 2.12 bits per heavy atom. The molecular formula is C11H12ClN3O. The largest absolute Gasteiger partial charge is 0.325 e. The monoisotopic (exact) mass is 237 g/mol. The van der Waals surface area contributed by atoms with Crippen LogP contribution in [0.2, 0.25) is 5.15 Å². The van der Waals surface area contributed by atoms with Crippen molar-refractivity contribution in [3.8, 4) is 0 Å². The number of carbonyl (C=O) groups is 1. The molecule has 0 bridgehead atoms. The van der Waals surface area contributed by atoms with Crippen molar-refractivity contribution in [3.05, 3.63) is 23.0 Å². The van der Waals surface area contributed by atoms with Crippen LogP contribution in [-0.4, -0.2) is 24.0 Å². The van der Waals surface area contributed by atoms with E-state index in [4.69, 9.17) is 11.6 Å². The first-order chi connectivity index (χ1) is 7.72. The number of nitrogens with one attached hydrogen (secondary N) is 2. The van der Waals surface area contributed by atoms with Gasteiger partial charge < -0.3 is 10.6 Å². The first-order valence-electron chi connectivity index (χ1n) is 5.41. The van der Waals surface area contributed by atoms with E-state index in [2.05, 4.69) is 15.6 Å². The highest BCUT2D eigenvalue weighted by Crippen LogP contribution is 2.43. The average Bonchev–Trinajstić information content (AvgIpc) is 2.53. The average molecular weight is 238 g/mol. The van der Waals surface area contributed by atoms with Crippen LogP contribution in [-0.2, 0) is 10.2 Å². The number of anilines is 1. The summed E-state index contributed by atoms with van der Waals surface area (Å²) in [5.74, 6) is 0.0908. The second kappa shape index (κ2) is 3.43. The fraction of sp³-hybridized carbons (Fsp3) is 0.455. The first kappa shape index (κ1) is 10.1. The van der Waals surface area contributed by atoms with E-state index in [1.807, 2.05) is 0 Å². The van der Waals surface area contributed by atoms with Crippen LogP contribution >= 0.6 is 11.6 Å². The van der Waals surface area contributed by atoms with Gasteiger partial charge in [0, 0.05) is 17.4 Å². The van der Waals surface area contributed by atoms with Crippen molar-refractivity contribution in [2.45, 2.75) is 18.3 Å². The van der Waals surface area contributed by atoms with E-state index in [0.717, 1.165) is 37.2 Å². The zero-order chi connectivity index (χ0) is 11.2. The van der Waals surface area contributed by atoms with Crippen molar-refractivity contribution in [3.63, 3.8) is 0 Å². The summed E-state index contributed by atoms with van der Waals surface area (Å²) >= 11 is 5.82. The quantitative estimate of drug-likeness (QED) is 0.669. The number of amides is 1. The molecule has 3 rings (SSSR count). The van der Waals surface area contributed by atoms with Gasteiger partial charge in [0.2, 0.25) is 5.91 Å². The number of fused-ring (bicyclic) bond motifs is 2. The van der Waals surface area contributed by atoms with E-state index in [-0.39, 0.29) is 11.3 Å². The summed E-state index contributed by atoms with van der Waals surface area (Å²) in [7, 11) is 0. The zero-order valence-electron chi connectivity index (χ0n) is 8.72. The number of nitrogens with zero attached hydrogens (tertiary/aromatic N) is 1. The third-order valence-electron chi connectivity index (χ3n) is 3.53. The molecule has 5 heteroatoms. The molecule has 4 nitrogen and oxygen atoms in total. The zero-order valence-corrected chi connectivity index (χ0v) is 9.47. The van der Waals surface area contributed by atoms with Crippen molar-refractivity contribution in [1.82, 2.24) is 10.3 Å². The van der Waals surface area contributed by atoms with E-state index < -0.39 is 0 Å². The Bertz CT molecular complexity index is 455. The Morgan fingerprint density at radius 3 is 2.88 bits per heavy atom. The Kier molecular flexibility index (Phi) is 2.16. The molecule has 2 N–H and O–H groups in total. The van der Waals surface area contributed by atoms with Crippen LogP contribution in [0.4, 0.5) is 5.69 Å². The van der Waals surface area contributed by atoms with Crippen molar-refractivity contribution in [2.24, 2.45) is 0 Å². The van der Waals surface area contributed by atoms with Crippen LogP contribution in [0.1, 0.15) is 18.4 Å². The SMILES string of the molecule is O=C1Nc2cc(Cl)ncc2C12CCNCC2. The molecule has 1 amide bonds. The highest BCUT2D eigenvalue weighted by molar-refractivity contribution is 6.30. The van der Waals surface area contributed by atoms with E-state index >= 15 is 0 Å². The van der Waals surface area contributed by atoms with Crippen LogP contribution < -0.4 is 10.6 Å². The van der Waals surface area contributed by atoms with Gasteiger partial charge in [0.05, 0.1) is 5.41 Å². The topological polar surface area (TPSA) is 54.0 Å². The Morgan fingerprint density at radius 1 is 1.38 bits per heavy atom. The molecule has 16 heavy (non-hydrogen) atoms. The first-order valence-corrected chi connectivity index (χ1v) is 5.78. The Hall–Kier alpha value is -1.13. The number of hydrogen-bond acceptors (Lipinski definition) is 3. The molecule has 0 aliphatic carbocycles. The van der Waals surface area contributed by atoms with Crippen molar-refractivity contribution >= 4 is 23.2 Å². The lowest BCUT2D eigenvalue weighted by Gasteiger charge is -2.31. The maximum Gasteiger partial charge on any atom is 0.235 e.